The molecule has 0 saturated heterocycles. The molecule has 16 heavy (non-hydrogen) atoms. The third-order valence-electron chi connectivity index (χ3n) is 2.18. The van der Waals surface area contributed by atoms with Crippen molar-refractivity contribution >= 4 is 39.4 Å². The Morgan fingerprint density at radius 2 is 2.12 bits per heavy atom. The van der Waals surface area contributed by atoms with Crippen LogP contribution in [0.5, 0.6) is 0 Å². The topological polar surface area (TPSA) is 43.1 Å². The van der Waals surface area contributed by atoms with Crippen LogP contribution in [0.2, 0.25) is 0 Å². The van der Waals surface area contributed by atoms with Gasteiger partial charge in [-0.25, -0.2) is 0 Å². The molecule has 0 atom stereocenters. The zero-order chi connectivity index (χ0) is 11.7. The van der Waals surface area contributed by atoms with E-state index in [1.165, 1.54) is 0 Å². The third-order valence-corrected chi connectivity index (χ3v) is 3.31. The Balaban J connectivity index is 2.66. The standard InChI is InChI=1S/C11H7ClINO2/c1-6-9(11(12)15)10(16-14-6)7-4-2-3-5-8(7)13/h2-5H,1H3. The monoisotopic (exact) mass is 347 g/mol. The number of halogens is 2. The predicted octanol–water partition coefficient (Wildman–Crippen LogP) is 3.63. The van der Waals surface area contributed by atoms with Gasteiger partial charge in [-0.1, -0.05) is 23.4 Å². The van der Waals surface area contributed by atoms with Crippen molar-refractivity contribution < 1.29 is 9.32 Å². The predicted molar refractivity (Wildman–Crippen MR) is 69.6 cm³/mol. The van der Waals surface area contributed by atoms with Crippen molar-refractivity contribution in [3.05, 3.63) is 39.1 Å². The van der Waals surface area contributed by atoms with Crippen LogP contribution in [0.15, 0.2) is 28.8 Å². The van der Waals surface area contributed by atoms with Gasteiger partial charge in [0, 0.05) is 9.13 Å². The fourth-order valence-corrected chi connectivity index (χ4v) is 2.29. The lowest BCUT2D eigenvalue weighted by atomic mass is 10.1. The molecule has 0 aliphatic carbocycles. The quantitative estimate of drug-likeness (QED) is 0.615. The molecule has 0 saturated carbocycles. The van der Waals surface area contributed by atoms with Gasteiger partial charge in [0.2, 0.25) is 0 Å². The molecule has 1 heterocycles. The van der Waals surface area contributed by atoms with Gasteiger partial charge in [0.05, 0.1) is 5.69 Å². The lowest BCUT2D eigenvalue weighted by Crippen LogP contribution is -1.93. The summed E-state index contributed by atoms with van der Waals surface area (Å²) in [5.41, 5.74) is 1.67. The lowest BCUT2D eigenvalue weighted by molar-refractivity contribution is 0.108. The first-order valence-corrected chi connectivity index (χ1v) is 5.98. The molecule has 0 aliphatic rings. The number of rotatable bonds is 2. The summed E-state index contributed by atoms with van der Waals surface area (Å²) in [7, 11) is 0. The van der Waals surface area contributed by atoms with E-state index in [2.05, 4.69) is 27.7 Å². The first-order chi connectivity index (χ1) is 7.61. The molecule has 82 valence electrons. The molecule has 0 radical (unpaired) electrons. The Labute approximate surface area is 111 Å². The van der Waals surface area contributed by atoms with Crippen LogP contribution in [0.3, 0.4) is 0 Å². The van der Waals surface area contributed by atoms with Gasteiger partial charge < -0.3 is 4.52 Å². The van der Waals surface area contributed by atoms with Crippen LogP contribution in [0.4, 0.5) is 0 Å². The Morgan fingerprint density at radius 3 is 2.75 bits per heavy atom. The average molecular weight is 348 g/mol. The van der Waals surface area contributed by atoms with E-state index < -0.39 is 5.24 Å². The molecule has 0 bridgehead atoms. The second kappa shape index (κ2) is 4.55. The molecule has 1 aromatic carbocycles. The third kappa shape index (κ3) is 1.99. The lowest BCUT2D eigenvalue weighted by Gasteiger charge is -2.00. The number of hydrogen-bond donors (Lipinski definition) is 0. The van der Waals surface area contributed by atoms with Crippen molar-refractivity contribution in [2.24, 2.45) is 0 Å². The molecule has 0 spiro atoms. The first-order valence-electron chi connectivity index (χ1n) is 4.52. The number of nitrogens with zero attached hydrogens (tertiary/aromatic N) is 1. The van der Waals surface area contributed by atoms with Crippen molar-refractivity contribution in [2.45, 2.75) is 6.92 Å². The van der Waals surface area contributed by atoms with Crippen molar-refractivity contribution in [2.75, 3.05) is 0 Å². The van der Waals surface area contributed by atoms with E-state index in [4.69, 9.17) is 16.1 Å². The normalized spacial score (nSPS) is 10.4. The second-order valence-electron chi connectivity index (χ2n) is 3.23. The van der Waals surface area contributed by atoms with Crippen molar-refractivity contribution in [3.63, 3.8) is 0 Å². The Morgan fingerprint density at radius 1 is 1.44 bits per heavy atom. The Kier molecular flexibility index (Phi) is 3.30. The summed E-state index contributed by atoms with van der Waals surface area (Å²) in [6, 6.07) is 7.58. The molecule has 1 aromatic heterocycles. The number of benzene rings is 1. The van der Waals surface area contributed by atoms with E-state index in [1.807, 2.05) is 24.3 Å². The summed E-state index contributed by atoms with van der Waals surface area (Å²) in [6.07, 6.45) is 0. The molecular weight excluding hydrogens is 340 g/mol. The van der Waals surface area contributed by atoms with Gasteiger partial charge in [-0.2, -0.15) is 0 Å². The zero-order valence-electron chi connectivity index (χ0n) is 8.33. The molecule has 2 aromatic rings. The van der Waals surface area contributed by atoms with E-state index in [1.54, 1.807) is 6.92 Å². The maximum absolute atomic E-state index is 11.3. The number of carbonyl (C=O) groups is 1. The van der Waals surface area contributed by atoms with Gasteiger partial charge in [0.25, 0.3) is 5.24 Å². The van der Waals surface area contributed by atoms with Crippen LogP contribution in [-0.2, 0) is 0 Å². The van der Waals surface area contributed by atoms with E-state index >= 15 is 0 Å². The molecule has 0 unspecified atom stereocenters. The number of aryl methyl sites for hydroxylation is 1. The highest BCUT2D eigenvalue weighted by molar-refractivity contribution is 14.1. The highest BCUT2D eigenvalue weighted by Crippen LogP contribution is 2.30. The van der Waals surface area contributed by atoms with Gasteiger partial charge >= 0.3 is 0 Å². The van der Waals surface area contributed by atoms with E-state index in [0.717, 1.165) is 9.13 Å². The molecule has 0 amide bonds. The Bertz CT molecular complexity index is 551. The molecular formula is C11H7ClINO2. The smallest absolute Gasteiger partial charge is 0.258 e. The molecule has 0 fully saturated rings. The fraction of sp³-hybridized carbons (Fsp3) is 0.0909. The maximum Gasteiger partial charge on any atom is 0.258 e. The molecule has 0 N–H and O–H groups in total. The first kappa shape index (κ1) is 11.6. The summed E-state index contributed by atoms with van der Waals surface area (Å²) in [5, 5.41) is 3.22. The average Bonchev–Trinajstić information content (AvgIpc) is 2.61. The number of hydrogen-bond acceptors (Lipinski definition) is 3. The number of carbonyl (C=O) groups excluding carboxylic acids is 1. The molecule has 0 aliphatic heterocycles. The van der Waals surface area contributed by atoms with Crippen LogP contribution < -0.4 is 0 Å². The molecule has 2 rings (SSSR count). The summed E-state index contributed by atoms with van der Waals surface area (Å²) < 4.78 is 6.15. The SMILES string of the molecule is Cc1noc(-c2ccccc2I)c1C(=O)Cl. The highest BCUT2D eigenvalue weighted by Gasteiger charge is 2.21. The number of aromatic nitrogens is 1. The second-order valence-corrected chi connectivity index (χ2v) is 4.73. The van der Waals surface area contributed by atoms with E-state index in [0.29, 0.717) is 17.0 Å². The summed E-state index contributed by atoms with van der Waals surface area (Å²) >= 11 is 7.69. The van der Waals surface area contributed by atoms with Gasteiger partial charge in [-0.3, -0.25) is 4.79 Å². The highest BCUT2D eigenvalue weighted by atomic mass is 127. The summed E-state index contributed by atoms with van der Waals surface area (Å²) in [6.45, 7) is 1.69. The van der Waals surface area contributed by atoms with Crippen molar-refractivity contribution in [1.82, 2.24) is 5.16 Å². The molecule has 5 heteroatoms. The largest absolute Gasteiger partial charge is 0.355 e. The summed E-state index contributed by atoms with van der Waals surface area (Å²) in [4.78, 5) is 11.3. The van der Waals surface area contributed by atoms with Crippen LogP contribution in [0, 0.1) is 10.5 Å². The minimum Gasteiger partial charge on any atom is -0.355 e. The van der Waals surface area contributed by atoms with Crippen molar-refractivity contribution in [1.29, 1.82) is 0 Å². The summed E-state index contributed by atoms with van der Waals surface area (Å²) in [5.74, 6) is 0.433. The Hall–Kier alpha value is -0.880. The van der Waals surface area contributed by atoms with Crippen LogP contribution in [0.1, 0.15) is 16.1 Å². The van der Waals surface area contributed by atoms with Crippen LogP contribution in [-0.4, -0.2) is 10.4 Å². The van der Waals surface area contributed by atoms with Crippen LogP contribution >= 0.6 is 34.2 Å². The van der Waals surface area contributed by atoms with Gasteiger partial charge in [-0.15, -0.1) is 0 Å². The van der Waals surface area contributed by atoms with E-state index in [9.17, 15) is 4.79 Å². The fourth-order valence-electron chi connectivity index (χ4n) is 1.43. The van der Waals surface area contributed by atoms with Gasteiger partial charge in [-0.05, 0) is 47.2 Å². The molecule has 3 nitrogen and oxygen atoms in total. The van der Waals surface area contributed by atoms with Gasteiger partial charge in [0.1, 0.15) is 5.56 Å². The minimum atomic E-state index is -0.548. The van der Waals surface area contributed by atoms with E-state index in [-0.39, 0.29) is 0 Å². The minimum absolute atomic E-state index is 0.339. The van der Waals surface area contributed by atoms with Crippen molar-refractivity contribution in [3.8, 4) is 11.3 Å². The van der Waals surface area contributed by atoms with Crippen LogP contribution in [0.25, 0.3) is 11.3 Å². The van der Waals surface area contributed by atoms with Gasteiger partial charge in [0.15, 0.2) is 5.76 Å². The zero-order valence-corrected chi connectivity index (χ0v) is 11.2. The maximum atomic E-state index is 11.3.